The minimum absolute atomic E-state index is 0.174. The number of hydrogen-bond donors (Lipinski definition) is 2. The third-order valence-electron chi connectivity index (χ3n) is 4.77. The van der Waals surface area contributed by atoms with Crippen molar-refractivity contribution in [3.63, 3.8) is 0 Å². The van der Waals surface area contributed by atoms with Gasteiger partial charge in [-0.2, -0.15) is 0 Å². The summed E-state index contributed by atoms with van der Waals surface area (Å²) in [5.74, 6) is 0.571. The molecule has 28 heavy (non-hydrogen) atoms. The molecule has 1 aliphatic rings. The van der Waals surface area contributed by atoms with Crippen LogP contribution in [0.2, 0.25) is 0 Å². The molecule has 0 aromatic carbocycles. The van der Waals surface area contributed by atoms with E-state index < -0.39 is 5.91 Å². The summed E-state index contributed by atoms with van der Waals surface area (Å²) in [5.41, 5.74) is 8.25. The Labute approximate surface area is 161 Å². The van der Waals surface area contributed by atoms with Crippen molar-refractivity contribution in [1.29, 1.82) is 0 Å². The number of fused-ring (bicyclic) bond motifs is 1. The number of pyridine rings is 2. The van der Waals surface area contributed by atoms with E-state index in [9.17, 15) is 4.79 Å². The van der Waals surface area contributed by atoms with Crippen LogP contribution < -0.4 is 15.8 Å². The Bertz CT molecular complexity index is 996. The Morgan fingerprint density at radius 3 is 3.00 bits per heavy atom. The number of rotatable bonds is 5. The molecule has 3 aromatic rings. The molecule has 1 aliphatic heterocycles. The van der Waals surface area contributed by atoms with Gasteiger partial charge in [-0.1, -0.05) is 0 Å². The number of nitrogens with zero attached hydrogens (tertiary/aromatic N) is 4. The normalized spacial score (nSPS) is 14.9. The van der Waals surface area contributed by atoms with E-state index in [0.717, 1.165) is 31.6 Å². The van der Waals surface area contributed by atoms with Gasteiger partial charge in [-0.25, -0.2) is 9.97 Å². The number of nitrogen functional groups attached to an aromatic ring is 1. The summed E-state index contributed by atoms with van der Waals surface area (Å²) in [6.45, 7) is 2.15. The number of amides is 1. The first-order chi connectivity index (χ1) is 13.6. The molecule has 4 rings (SSSR count). The van der Waals surface area contributed by atoms with Gasteiger partial charge < -0.3 is 20.5 Å². The fourth-order valence-corrected chi connectivity index (χ4v) is 3.18. The van der Waals surface area contributed by atoms with Gasteiger partial charge in [0.2, 0.25) is 0 Å². The largest absolute Gasteiger partial charge is 0.475 e. The van der Waals surface area contributed by atoms with Crippen LogP contribution in [0.1, 0.15) is 23.3 Å². The van der Waals surface area contributed by atoms with Crippen molar-refractivity contribution in [3.8, 4) is 5.88 Å². The molecule has 1 fully saturated rings. The van der Waals surface area contributed by atoms with Crippen LogP contribution in [0.5, 0.6) is 5.88 Å². The summed E-state index contributed by atoms with van der Waals surface area (Å²) in [6.07, 6.45) is 5.08. The molecule has 0 saturated carbocycles. The van der Waals surface area contributed by atoms with Crippen LogP contribution in [0, 0.1) is 5.92 Å². The van der Waals surface area contributed by atoms with E-state index in [1.54, 1.807) is 29.1 Å². The summed E-state index contributed by atoms with van der Waals surface area (Å²) in [5, 5.41) is 7.19. The summed E-state index contributed by atoms with van der Waals surface area (Å²) >= 11 is 0. The van der Waals surface area contributed by atoms with Gasteiger partial charge in [-0.3, -0.25) is 9.48 Å². The number of anilines is 2. The SMILES string of the molecule is Cn1nc(OCC2CCOCC2)c2ncc(NC(=O)c3ncccc3N)cc21. The number of aromatic nitrogens is 4. The summed E-state index contributed by atoms with van der Waals surface area (Å²) in [6, 6.07) is 5.11. The fourth-order valence-electron chi connectivity index (χ4n) is 3.18. The highest BCUT2D eigenvalue weighted by Crippen LogP contribution is 2.26. The minimum Gasteiger partial charge on any atom is -0.475 e. The third kappa shape index (κ3) is 3.74. The average Bonchev–Trinajstić information content (AvgIpc) is 3.03. The van der Waals surface area contributed by atoms with Gasteiger partial charge in [0.15, 0.2) is 11.2 Å². The Morgan fingerprint density at radius 2 is 2.21 bits per heavy atom. The van der Waals surface area contributed by atoms with Crippen LogP contribution in [0.3, 0.4) is 0 Å². The van der Waals surface area contributed by atoms with Crippen LogP contribution in [-0.2, 0) is 11.8 Å². The van der Waals surface area contributed by atoms with E-state index >= 15 is 0 Å². The molecule has 0 unspecified atom stereocenters. The molecule has 0 bridgehead atoms. The lowest BCUT2D eigenvalue weighted by atomic mass is 10.0. The highest BCUT2D eigenvalue weighted by atomic mass is 16.5. The van der Waals surface area contributed by atoms with E-state index in [1.807, 2.05) is 7.05 Å². The zero-order chi connectivity index (χ0) is 19.5. The van der Waals surface area contributed by atoms with Gasteiger partial charge in [-0.15, -0.1) is 5.10 Å². The molecule has 9 nitrogen and oxygen atoms in total. The van der Waals surface area contributed by atoms with Crippen molar-refractivity contribution in [2.24, 2.45) is 13.0 Å². The van der Waals surface area contributed by atoms with E-state index in [-0.39, 0.29) is 5.69 Å². The molecular formula is C19H22N6O3. The van der Waals surface area contributed by atoms with E-state index in [4.69, 9.17) is 15.2 Å². The van der Waals surface area contributed by atoms with Crippen LogP contribution in [0.25, 0.3) is 11.0 Å². The molecule has 1 amide bonds. The Kier molecular flexibility index (Phi) is 5.07. The predicted octanol–water partition coefficient (Wildman–Crippen LogP) is 2.00. The average molecular weight is 382 g/mol. The Morgan fingerprint density at radius 1 is 1.39 bits per heavy atom. The molecule has 1 saturated heterocycles. The van der Waals surface area contributed by atoms with Crippen molar-refractivity contribution in [2.75, 3.05) is 30.9 Å². The number of hydrogen-bond acceptors (Lipinski definition) is 7. The number of ether oxygens (including phenoxy) is 2. The minimum atomic E-state index is -0.391. The highest BCUT2D eigenvalue weighted by molar-refractivity contribution is 6.06. The van der Waals surface area contributed by atoms with E-state index in [0.29, 0.717) is 35.3 Å². The number of carbonyl (C=O) groups excluding carboxylic acids is 1. The highest BCUT2D eigenvalue weighted by Gasteiger charge is 2.18. The van der Waals surface area contributed by atoms with Gasteiger partial charge >= 0.3 is 0 Å². The predicted molar refractivity (Wildman–Crippen MR) is 104 cm³/mol. The van der Waals surface area contributed by atoms with Gasteiger partial charge in [0, 0.05) is 26.5 Å². The first-order valence-electron chi connectivity index (χ1n) is 9.17. The lowest BCUT2D eigenvalue weighted by Crippen LogP contribution is -2.21. The second-order valence-corrected chi connectivity index (χ2v) is 6.78. The number of aryl methyl sites for hydroxylation is 1. The molecule has 0 radical (unpaired) electrons. The molecule has 9 heteroatoms. The molecule has 0 aliphatic carbocycles. The molecular weight excluding hydrogens is 360 g/mol. The molecule has 3 aromatic heterocycles. The second-order valence-electron chi connectivity index (χ2n) is 6.78. The smallest absolute Gasteiger partial charge is 0.276 e. The van der Waals surface area contributed by atoms with Gasteiger partial charge in [0.05, 0.1) is 29.7 Å². The summed E-state index contributed by atoms with van der Waals surface area (Å²) in [7, 11) is 1.81. The first kappa shape index (κ1) is 18.2. The maximum Gasteiger partial charge on any atom is 0.276 e. The van der Waals surface area contributed by atoms with Gasteiger partial charge in [-0.05, 0) is 37.0 Å². The van der Waals surface area contributed by atoms with Crippen LogP contribution in [0.4, 0.5) is 11.4 Å². The van der Waals surface area contributed by atoms with Crippen LogP contribution in [0.15, 0.2) is 30.6 Å². The Balaban J connectivity index is 1.50. The van der Waals surface area contributed by atoms with Crippen molar-refractivity contribution in [1.82, 2.24) is 19.7 Å². The van der Waals surface area contributed by atoms with Crippen molar-refractivity contribution < 1.29 is 14.3 Å². The molecule has 0 spiro atoms. The van der Waals surface area contributed by atoms with Gasteiger partial charge in [0.25, 0.3) is 11.8 Å². The van der Waals surface area contributed by atoms with E-state index in [2.05, 4.69) is 20.4 Å². The quantitative estimate of drug-likeness (QED) is 0.693. The lowest BCUT2D eigenvalue weighted by Gasteiger charge is -2.21. The topological polar surface area (TPSA) is 117 Å². The molecule has 0 atom stereocenters. The number of nitrogens with two attached hydrogens (primary N) is 1. The second kappa shape index (κ2) is 7.81. The number of nitrogens with one attached hydrogen (secondary N) is 1. The van der Waals surface area contributed by atoms with Gasteiger partial charge in [0.1, 0.15) is 0 Å². The fraction of sp³-hybridized carbons (Fsp3) is 0.368. The van der Waals surface area contributed by atoms with Crippen LogP contribution >= 0.6 is 0 Å². The number of carbonyl (C=O) groups is 1. The monoisotopic (exact) mass is 382 g/mol. The van der Waals surface area contributed by atoms with Crippen LogP contribution in [-0.4, -0.2) is 45.5 Å². The van der Waals surface area contributed by atoms with Crippen molar-refractivity contribution in [2.45, 2.75) is 12.8 Å². The van der Waals surface area contributed by atoms with E-state index in [1.165, 1.54) is 6.20 Å². The summed E-state index contributed by atoms with van der Waals surface area (Å²) < 4.78 is 13.0. The Hall–Kier alpha value is -3.20. The van der Waals surface area contributed by atoms with Crippen molar-refractivity contribution >= 4 is 28.3 Å². The first-order valence-corrected chi connectivity index (χ1v) is 9.17. The standard InChI is InChI=1S/C19H22N6O3/c1-25-15-9-13(23-18(26)16-14(20)3-2-6-21-16)10-22-17(15)19(24-25)28-11-12-4-7-27-8-5-12/h2-3,6,9-10,12H,4-5,7-8,11,20H2,1H3,(H,23,26). The zero-order valence-electron chi connectivity index (χ0n) is 15.6. The molecule has 4 heterocycles. The third-order valence-corrected chi connectivity index (χ3v) is 4.77. The zero-order valence-corrected chi connectivity index (χ0v) is 15.6. The molecule has 3 N–H and O–H groups in total. The maximum absolute atomic E-state index is 12.4. The summed E-state index contributed by atoms with van der Waals surface area (Å²) in [4.78, 5) is 20.9. The molecule has 146 valence electrons. The van der Waals surface area contributed by atoms with Crippen molar-refractivity contribution in [3.05, 3.63) is 36.3 Å². The lowest BCUT2D eigenvalue weighted by molar-refractivity contribution is 0.0491. The maximum atomic E-state index is 12.4.